The van der Waals surface area contributed by atoms with Crippen LogP contribution in [0.5, 0.6) is 0 Å². The second-order valence-corrected chi connectivity index (χ2v) is 7.52. The van der Waals surface area contributed by atoms with Crippen molar-refractivity contribution in [3.8, 4) is 0 Å². The highest BCUT2D eigenvalue weighted by atomic mass is 16.5. The van der Waals surface area contributed by atoms with Crippen molar-refractivity contribution >= 4 is 35.2 Å². The number of anilines is 1. The normalized spacial score (nSPS) is 13.3. The molecule has 170 valence electrons. The molecule has 0 spiro atoms. The minimum atomic E-state index is -1.04. The average Bonchev–Trinajstić information content (AvgIpc) is 3.12. The molecule has 1 aliphatic rings. The highest BCUT2D eigenvalue weighted by molar-refractivity contribution is 6.34. The Kier molecular flexibility index (Phi) is 6.05. The molecule has 0 bridgehead atoms. The Morgan fingerprint density at radius 2 is 1.35 bits per heavy atom. The molecular weight excluding hydrogens is 438 g/mol. The number of hydrogen-bond donors (Lipinski definition) is 0. The number of fused-ring (bicyclic) bond motifs is 1. The quantitative estimate of drug-likeness (QED) is 0.316. The second kappa shape index (κ2) is 9.11. The molecule has 0 saturated carbocycles. The van der Waals surface area contributed by atoms with Gasteiger partial charge in [-0.1, -0.05) is 30.3 Å². The predicted molar refractivity (Wildman–Crippen MR) is 121 cm³/mol. The van der Waals surface area contributed by atoms with Gasteiger partial charge in [-0.15, -0.1) is 0 Å². The SMILES string of the molecule is COC(=O)c1ccc(N2C(=O)c3ccc(C(=O)OC(C)C(=O)c4ccccc4)cc3C2=O)cc1. The molecule has 4 rings (SSSR count). The van der Waals surface area contributed by atoms with Gasteiger partial charge < -0.3 is 9.47 Å². The number of amides is 2. The largest absolute Gasteiger partial charge is 0.465 e. The standard InChI is InChI=1S/C26H19NO7/c1-15(22(28)16-6-4-3-5-7-16)34-26(32)18-10-13-20-21(14-18)24(30)27(23(20)29)19-11-8-17(9-12-19)25(31)33-2/h3-15H,1-2H3. The summed E-state index contributed by atoms with van der Waals surface area (Å²) in [7, 11) is 1.25. The number of ketones is 1. The van der Waals surface area contributed by atoms with Gasteiger partial charge in [-0.2, -0.15) is 0 Å². The van der Waals surface area contributed by atoms with Crippen molar-refractivity contribution in [1.82, 2.24) is 0 Å². The van der Waals surface area contributed by atoms with Gasteiger partial charge in [0, 0.05) is 5.56 Å². The van der Waals surface area contributed by atoms with E-state index in [4.69, 9.17) is 4.74 Å². The molecule has 8 heteroatoms. The molecule has 1 aliphatic heterocycles. The van der Waals surface area contributed by atoms with Crippen LogP contribution in [0.4, 0.5) is 5.69 Å². The summed E-state index contributed by atoms with van der Waals surface area (Å²) in [5.74, 6) is -2.87. The topological polar surface area (TPSA) is 107 Å². The molecule has 3 aromatic rings. The first-order valence-corrected chi connectivity index (χ1v) is 10.3. The summed E-state index contributed by atoms with van der Waals surface area (Å²) in [5, 5.41) is 0. The van der Waals surface area contributed by atoms with Crippen LogP contribution in [0.1, 0.15) is 58.7 Å². The van der Waals surface area contributed by atoms with Crippen LogP contribution in [-0.2, 0) is 9.47 Å². The summed E-state index contributed by atoms with van der Waals surface area (Å²) in [4.78, 5) is 63.5. The third-order valence-electron chi connectivity index (χ3n) is 5.38. The fraction of sp³-hybridized carbons (Fsp3) is 0.115. The van der Waals surface area contributed by atoms with Crippen LogP contribution in [0.3, 0.4) is 0 Å². The van der Waals surface area contributed by atoms with Gasteiger partial charge in [-0.05, 0) is 49.4 Å². The number of imide groups is 1. The number of methoxy groups -OCH3 is 1. The van der Waals surface area contributed by atoms with E-state index in [1.807, 2.05) is 0 Å². The van der Waals surface area contributed by atoms with Gasteiger partial charge in [0.05, 0.1) is 35.1 Å². The molecule has 1 unspecified atom stereocenters. The van der Waals surface area contributed by atoms with Gasteiger partial charge in [-0.25, -0.2) is 14.5 Å². The lowest BCUT2D eigenvalue weighted by atomic mass is 10.1. The maximum Gasteiger partial charge on any atom is 0.338 e. The second-order valence-electron chi connectivity index (χ2n) is 7.52. The summed E-state index contributed by atoms with van der Waals surface area (Å²) in [6.45, 7) is 1.47. The van der Waals surface area contributed by atoms with Crippen LogP contribution in [0.15, 0.2) is 72.8 Å². The van der Waals surface area contributed by atoms with Gasteiger partial charge in [0.1, 0.15) is 0 Å². The van der Waals surface area contributed by atoms with Crippen molar-refractivity contribution in [2.24, 2.45) is 0 Å². The Bertz CT molecular complexity index is 1310. The van der Waals surface area contributed by atoms with Crippen LogP contribution in [0.2, 0.25) is 0 Å². The Hall–Kier alpha value is -4.59. The van der Waals surface area contributed by atoms with E-state index in [0.717, 1.165) is 4.90 Å². The molecule has 1 heterocycles. The van der Waals surface area contributed by atoms with Crippen LogP contribution in [0, 0.1) is 0 Å². The van der Waals surface area contributed by atoms with Crippen molar-refractivity contribution in [3.05, 3.63) is 101 Å². The van der Waals surface area contributed by atoms with Crippen molar-refractivity contribution in [3.63, 3.8) is 0 Å². The van der Waals surface area contributed by atoms with Crippen LogP contribution >= 0.6 is 0 Å². The third-order valence-corrected chi connectivity index (χ3v) is 5.38. The fourth-order valence-electron chi connectivity index (χ4n) is 3.59. The number of rotatable bonds is 6. The highest BCUT2D eigenvalue weighted by Crippen LogP contribution is 2.29. The zero-order valence-corrected chi connectivity index (χ0v) is 18.3. The summed E-state index contributed by atoms with van der Waals surface area (Å²) < 4.78 is 9.94. The highest BCUT2D eigenvalue weighted by Gasteiger charge is 2.37. The first-order valence-electron chi connectivity index (χ1n) is 10.3. The molecule has 2 amide bonds. The van der Waals surface area contributed by atoms with Crippen LogP contribution < -0.4 is 4.90 Å². The number of carbonyl (C=O) groups excluding carboxylic acids is 5. The first kappa shape index (κ1) is 22.6. The Balaban J connectivity index is 1.53. The molecule has 8 nitrogen and oxygen atoms in total. The van der Waals surface area contributed by atoms with E-state index in [2.05, 4.69) is 4.74 Å². The van der Waals surface area contributed by atoms with E-state index in [-0.39, 0.29) is 33.7 Å². The number of ether oxygens (including phenoxy) is 2. The van der Waals surface area contributed by atoms with E-state index in [9.17, 15) is 24.0 Å². The van der Waals surface area contributed by atoms with Crippen molar-refractivity contribution in [2.75, 3.05) is 12.0 Å². The Morgan fingerprint density at radius 1 is 0.735 bits per heavy atom. The number of benzene rings is 3. The minimum Gasteiger partial charge on any atom is -0.465 e. The summed E-state index contributed by atoms with van der Waals surface area (Å²) in [6, 6.07) is 18.3. The Morgan fingerprint density at radius 3 is 2.00 bits per heavy atom. The fourth-order valence-corrected chi connectivity index (χ4v) is 3.59. The molecule has 0 radical (unpaired) electrons. The average molecular weight is 457 g/mol. The Labute approximate surface area is 194 Å². The molecule has 0 saturated heterocycles. The lowest BCUT2D eigenvalue weighted by Gasteiger charge is -2.14. The number of nitrogens with zero attached hydrogens (tertiary/aromatic N) is 1. The maximum absolute atomic E-state index is 13.0. The van der Waals surface area contributed by atoms with Crippen molar-refractivity contribution in [2.45, 2.75) is 13.0 Å². The van der Waals surface area contributed by atoms with Crippen LogP contribution in [-0.4, -0.2) is 42.7 Å². The zero-order chi connectivity index (χ0) is 24.4. The minimum absolute atomic E-state index is 0.0375. The van der Waals surface area contributed by atoms with Crippen molar-refractivity contribution in [1.29, 1.82) is 0 Å². The summed E-state index contributed by atoms with van der Waals surface area (Å²) in [5.41, 5.74) is 1.16. The van der Waals surface area contributed by atoms with E-state index in [1.54, 1.807) is 30.3 Å². The number of carbonyl (C=O) groups is 5. The predicted octanol–water partition coefficient (Wildman–Crippen LogP) is 3.70. The summed E-state index contributed by atoms with van der Waals surface area (Å²) >= 11 is 0. The molecule has 0 aliphatic carbocycles. The maximum atomic E-state index is 13.0. The molecule has 0 fully saturated rings. The first-order chi connectivity index (χ1) is 16.3. The molecule has 1 atom stereocenters. The van der Waals surface area contributed by atoms with E-state index >= 15 is 0 Å². The smallest absolute Gasteiger partial charge is 0.338 e. The molecule has 34 heavy (non-hydrogen) atoms. The zero-order valence-electron chi connectivity index (χ0n) is 18.3. The number of Topliss-reactive ketones (excluding diaryl/α,β-unsaturated/α-hetero) is 1. The number of esters is 2. The van der Waals surface area contributed by atoms with Gasteiger partial charge in [0.15, 0.2) is 6.10 Å². The molecule has 0 N–H and O–H groups in total. The van der Waals surface area contributed by atoms with Gasteiger partial charge in [-0.3, -0.25) is 14.4 Å². The lowest BCUT2D eigenvalue weighted by molar-refractivity contribution is 0.0318. The monoisotopic (exact) mass is 457 g/mol. The molecule has 0 aromatic heterocycles. The van der Waals surface area contributed by atoms with E-state index in [0.29, 0.717) is 5.56 Å². The molecular formula is C26H19NO7. The summed E-state index contributed by atoms with van der Waals surface area (Å²) in [6.07, 6.45) is -1.04. The third kappa shape index (κ3) is 4.09. The van der Waals surface area contributed by atoms with E-state index < -0.39 is 29.9 Å². The van der Waals surface area contributed by atoms with Crippen molar-refractivity contribution < 1.29 is 33.4 Å². The van der Waals surface area contributed by atoms with Gasteiger partial charge in [0.25, 0.3) is 11.8 Å². The number of hydrogen-bond acceptors (Lipinski definition) is 7. The van der Waals surface area contributed by atoms with Crippen LogP contribution in [0.25, 0.3) is 0 Å². The van der Waals surface area contributed by atoms with E-state index in [1.165, 1.54) is 56.5 Å². The van der Waals surface area contributed by atoms with Gasteiger partial charge in [0.2, 0.25) is 5.78 Å². The van der Waals surface area contributed by atoms with Gasteiger partial charge >= 0.3 is 11.9 Å². The molecule has 3 aromatic carbocycles. The lowest BCUT2D eigenvalue weighted by Crippen LogP contribution is -2.29.